The SMILES string of the molecule is O=C(CN1CCN(C(=O)CSc2nccn2-c2cccc(Cl)c2)CC1)NC1CC1. The first-order chi connectivity index (χ1) is 14.1. The number of thioether (sulfide) groups is 1. The first kappa shape index (κ1) is 20.3. The van der Waals surface area contributed by atoms with Crippen molar-refractivity contribution in [3.63, 3.8) is 0 Å². The van der Waals surface area contributed by atoms with Gasteiger partial charge in [0.05, 0.1) is 12.3 Å². The molecule has 2 aromatic rings. The third-order valence-corrected chi connectivity index (χ3v) is 6.24. The Hall–Kier alpha value is -2.03. The number of piperazine rings is 1. The lowest BCUT2D eigenvalue weighted by atomic mass is 10.3. The van der Waals surface area contributed by atoms with Crippen LogP contribution in [0.15, 0.2) is 41.8 Å². The van der Waals surface area contributed by atoms with E-state index in [9.17, 15) is 9.59 Å². The van der Waals surface area contributed by atoms with Crippen molar-refractivity contribution in [1.29, 1.82) is 0 Å². The van der Waals surface area contributed by atoms with Crippen molar-refractivity contribution in [3.05, 3.63) is 41.7 Å². The van der Waals surface area contributed by atoms with Gasteiger partial charge in [-0.05, 0) is 31.0 Å². The van der Waals surface area contributed by atoms with E-state index in [1.807, 2.05) is 39.9 Å². The number of halogens is 1. The smallest absolute Gasteiger partial charge is 0.234 e. The number of imidazole rings is 1. The van der Waals surface area contributed by atoms with Crippen molar-refractivity contribution in [1.82, 2.24) is 24.7 Å². The van der Waals surface area contributed by atoms with Gasteiger partial charge in [-0.25, -0.2) is 4.98 Å². The van der Waals surface area contributed by atoms with E-state index in [2.05, 4.69) is 15.2 Å². The number of benzene rings is 1. The largest absolute Gasteiger partial charge is 0.352 e. The summed E-state index contributed by atoms with van der Waals surface area (Å²) in [7, 11) is 0. The molecule has 2 aliphatic rings. The Morgan fingerprint density at radius 3 is 2.72 bits per heavy atom. The Labute approximate surface area is 179 Å². The molecule has 1 saturated heterocycles. The topological polar surface area (TPSA) is 70.5 Å². The number of carbonyl (C=O) groups excluding carboxylic acids is 2. The summed E-state index contributed by atoms with van der Waals surface area (Å²) in [6.07, 6.45) is 5.78. The second-order valence-electron chi connectivity index (χ2n) is 7.35. The minimum absolute atomic E-state index is 0.0932. The summed E-state index contributed by atoms with van der Waals surface area (Å²) >= 11 is 7.51. The fourth-order valence-electron chi connectivity index (χ4n) is 3.30. The van der Waals surface area contributed by atoms with Crippen LogP contribution >= 0.6 is 23.4 Å². The number of nitrogens with one attached hydrogen (secondary N) is 1. The Morgan fingerprint density at radius 2 is 2.00 bits per heavy atom. The van der Waals surface area contributed by atoms with Gasteiger partial charge >= 0.3 is 0 Å². The average molecular weight is 434 g/mol. The van der Waals surface area contributed by atoms with Crippen LogP contribution in [0.25, 0.3) is 5.69 Å². The van der Waals surface area contributed by atoms with E-state index >= 15 is 0 Å². The van der Waals surface area contributed by atoms with Crippen molar-refractivity contribution in [2.24, 2.45) is 0 Å². The molecule has 4 rings (SSSR count). The molecule has 2 heterocycles. The van der Waals surface area contributed by atoms with Crippen LogP contribution in [0.4, 0.5) is 0 Å². The van der Waals surface area contributed by atoms with Crippen LogP contribution in [0.5, 0.6) is 0 Å². The third kappa shape index (κ3) is 5.52. The van der Waals surface area contributed by atoms with Crippen LogP contribution in [-0.4, -0.2) is 75.7 Å². The molecule has 1 aromatic carbocycles. The monoisotopic (exact) mass is 433 g/mol. The maximum atomic E-state index is 12.6. The van der Waals surface area contributed by atoms with E-state index in [1.165, 1.54) is 11.8 Å². The van der Waals surface area contributed by atoms with Crippen LogP contribution in [0.3, 0.4) is 0 Å². The van der Waals surface area contributed by atoms with Gasteiger partial charge in [0.25, 0.3) is 0 Å². The van der Waals surface area contributed by atoms with Crippen molar-refractivity contribution >= 4 is 35.2 Å². The lowest BCUT2D eigenvalue weighted by molar-refractivity contribution is -0.130. The van der Waals surface area contributed by atoms with E-state index in [0.29, 0.717) is 36.5 Å². The highest BCUT2D eigenvalue weighted by molar-refractivity contribution is 7.99. The number of amides is 2. The van der Waals surface area contributed by atoms with Crippen molar-refractivity contribution < 1.29 is 9.59 Å². The molecule has 9 heteroatoms. The molecule has 0 unspecified atom stereocenters. The number of carbonyl (C=O) groups is 2. The lowest BCUT2D eigenvalue weighted by Crippen LogP contribution is -2.51. The summed E-state index contributed by atoms with van der Waals surface area (Å²) in [4.78, 5) is 32.9. The van der Waals surface area contributed by atoms with Gasteiger partial charge in [0, 0.05) is 55.3 Å². The zero-order valence-corrected chi connectivity index (χ0v) is 17.7. The second kappa shape index (κ2) is 9.19. The molecule has 2 amide bonds. The number of aromatic nitrogens is 2. The highest BCUT2D eigenvalue weighted by atomic mass is 35.5. The maximum absolute atomic E-state index is 12.6. The highest BCUT2D eigenvalue weighted by Crippen LogP contribution is 2.23. The Bertz CT molecular complexity index is 877. The van der Waals surface area contributed by atoms with Crippen LogP contribution in [0.1, 0.15) is 12.8 Å². The van der Waals surface area contributed by atoms with Gasteiger partial charge in [-0.3, -0.25) is 19.1 Å². The molecule has 0 spiro atoms. The fraction of sp³-hybridized carbons (Fsp3) is 0.450. The number of nitrogens with zero attached hydrogens (tertiary/aromatic N) is 4. The van der Waals surface area contributed by atoms with Gasteiger partial charge in [-0.15, -0.1) is 0 Å². The van der Waals surface area contributed by atoms with E-state index in [4.69, 9.17) is 11.6 Å². The summed E-state index contributed by atoms with van der Waals surface area (Å²) < 4.78 is 1.93. The predicted molar refractivity (Wildman–Crippen MR) is 113 cm³/mol. The molecule has 2 fully saturated rings. The van der Waals surface area contributed by atoms with E-state index < -0.39 is 0 Å². The molecule has 0 atom stereocenters. The molecule has 154 valence electrons. The summed E-state index contributed by atoms with van der Waals surface area (Å²) in [6, 6.07) is 7.93. The Balaban J connectivity index is 1.25. The Kier molecular flexibility index (Phi) is 6.42. The maximum Gasteiger partial charge on any atom is 0.234 e. The Morgan fingerprint density at radius 1 is 1.21 bits per heavy atom. The van der Waals surface area contributed by atoms with Gasteiger partial charge < -0.3 is 10.2 Å². The molecule has 1 N–H and O–H groups in total. The molecule has 1 aromatic heterocycles. The molecular formula is C20H24ClN5O2S. The molecule has 29 heavy (non-hydrogen) atoms. The van der Waals surface area contributed by atoms with Gasteiger partial charge in [0.15, 0.2) is 5.16 Å². The number of hydrogen-bond acceptors (Lipinski definition) is 5. The van der Waals surface area contributed by atoms with Gasteiger partial charge in [-0.2, -0.15) is 0 Å². The quantitative estimate of drug-likeness (QED) is 0.676. The minimum Gasteiger partial charge on any atom is -0.352 e. The van der Waals surface area contributed by atoms with E-state index in [-0.39, 0.29) is 11.8 Å². The molecule has 0 bridgehead atoms. The van der Waals surface area contributed by atoms with Crippen molar-refractivity contribution in [2.75, 3.05) is 38.5 Å². The summed E-state index contributed by atoms with van der Waals surface area (Å²) in [5.41, 5.74) is 0.919. The van der Waals surface area contributed by atoms with Gasteiger partial charge in [0.1, 0.15) is 0 Å². The van der Waals surface area contributed by atoms with Crippen LogP contribution in [0.2, 0.25) is 5.02 Å². The van der Waals surface area contributed by atoms with Crippen LogP contribution in [-0.2, 0) is 9.59 Å². The van der Waals surface area contributed by atoms with E-state index in [1.54, 1.807) is 6.20 Å². The zero-order valence-electron chi connectivity index (χ0n) is 16.1. The minimum atomic E-state index is 0.0932. The fourth-order valence-corrected chi connectivity index (χ4v) is 4.36. The van der Waals surface area contributed by atoms with Gasteiger partial charge in [-0.1, -0.05) is 29.4 Å². The van der Waals surface area contributed by atoms with Crippen LogP contribution < -0.4 is 5.32 Å². The second-order valence-corrected chi connectivity index (χ2v) is 8.73. The van der Waals surface area contributed by atoms with Crippen LogP contribution in [0, 0.1) is 0 Å². The molecule has 1 saturated carbocycles. The summed E-state index contributed by atoms with van der Waals surface area (Å²) in [6.45, 7) is 3.18. The molecule has 1 aliphatic heterocycles. The highest BCUT2D eigenvalue weighted by Gasteiger charge is 2.26. The average Bonchev–Trinajstić information content (AvgIpc) is 3.39. The van der Waals surface area contributed by atoms with Gasteiger partial charge in [0.2, 0.25) is 11.8 Å². The standard InChI is InChI=1S/C20H24ClN5O2S/c21-15-2-1-3-17(12-15)26-7-6-22-20(26)29-14-19(28)25-10-8-24(9-11-25)13-18(27)23-16-4-5-16/h1-3,6-7,12,16H,4-5,8-11,13-14H2,(H,23,27). The molecule has 7 nitrogen and oxygen atoms in total. The summed E-state index contributed by atoms with van der Waals surface area (Å²) in [5, 5.41) is 4.43. The zero-order chi connectivity index (χ0) is 20.2. The first-order valence-corrected chi connectivity index (χ1v) is 11.2. The third-order valence-electron chi connectivity index (χ3n) is 5.05. The number of hydrogen-bond donors (Lipinski definition) is 1. The predicted octanol–water partition coefficient (Wildman–Crippen LogP) is 2.04. The lowest BCUT2D eigenvalue weighted by Gasteiger charge is -2.34. The number of rotatable bonds is 7. The van der Waals surface area contributed by atoms with Crippen molar-refractivity contribution in [3.8, 4) is 5.69 Å². The summed E-state index contributed by atoms with van der Waals surface area (Å²) in [5.74, 6) is 0.521. The molecule has 0 radical (unpaired) electrons. The first-order valence-electron chi connectivity index (χ1n) is 9.80. The van der Waals surface area contributed by atoms with E-state index in [0.717, 1.165) is 36.8 Å². The van der Waals surface area contributed by atoms with Crippen molar-refractivity contribution in [2.45, 2.75) is 24.0 Å². The molecule has 1 aliphatic carbocycles. The molecular weight excluding hydrogens is 410 g/mol. The normalized spacial score (nSPS) is 17.3.